The van der Waals surface area contributed by atoms with Gasteiger partial charge in [-0.2, -0.15) is 11.8 Å². The van der Waals surface area contributed by atoms with E-state index in [0.717, 1.165) is 16.8 Å². The number of nitrogens with one attached hydrogen (secondary N) is 1. The van der Waals surface area contributed by atoms with E-state index in [0.29, 0.717) is 6.04 Å². The molecule has 1 N–H and O–H groups in total. The molecule has 0 heterocycles. The summed E-state index contributed by atoms with van der Waals surface area (Å²) in [7, 11) is 1.68. The maximum absolute atomic E-state index is 5.24. The van der Waals surface area contributed by atoms with E-state index in [1.165, 1.54) is 5.56 Å². The van der Waals surface area contributed by atoms with Crippen molar-refractivity contribution in [1.29, 1.82) is 0 Å². The van der Waals surface area contributed by atoms with Crippen molar-refractivity contribution in [2.24, 2.45) is 0 Å². The van der Waals surface area contributed by atoms with Gasteiger partial charge in [0.1, 0.15) is 5.75 Å². The highest BCUT2D eigenvalue weighted by atomic mass is 79.9. The summed E-state index contributed by atoms with van der Waals surface area (Å²) >= 11 is 5.40. The summed E-state index contributed by atoms with van der Waals surface area (Å²) in [4.78, 5) is 0. The van der Waals surface area contributed by atoms with Gasteiger partial charge in [0.05, 0.1) is 11.6 Å². The highest BCUT2D eigenvalue weighted by Gasteiger charge is 2.17. The monoisotopic (exact) mass is 331 g/mol. The molecule has 102 valence electrons. The second kappa shape index (κ2) is 6.83. The lowest BCUT2D eigenvalue weighted by Gasteiger charge is -2.25. The van der Waals surface area contributed by atoms with Crippen molar-refractivity contribution >= 4 is 27.7 Å². The number of ether oxygens (including phenoxy) is 1. The summed E-state index contributed by atoms with van der Waals surface area (Å²) in [5.74, 6) is 0.871. The van der Waals surface area contributed by atoms with E-state index in [1.807, 2.05) is 17.8 Å². The van der Waals surface area contributed by atoms with E-state index in [-0.39, 0.29) is 4.75 Å². The van der Waals surface area contributed by atoms with Crippen LogP contribution in [0.2, 0.25) is 0 Å². The molecule has 0 saturated carbocycles. The van der Waals surface area contributed by atoms with Crippen molar-refractivity contribution in [2.75, 3.05) is 19.9 Å². The zero-order chi connectivity index (χ0) is 13.8. The van der Waals surface area contributed by atoms with Crippen LogP contribution in [-0.2, 0) is 0 Å². The van der Waals surface area contributed by atoms with Crippen molar-refractivity contribution < 1.29 is 4.74 Å². The largest absolute Gasteiger partial charge is 0.496 e. The number of hydrogen-bond donors (Lipinski definition) is 1. The summed E-state index contributed by atoms with van der Waals surface area (Å²) < 4.78 is 6.50. The maximum atomic E-state index is 5.24. The molecular weight excluding hydrogens is 310 g/mol. The molecule has 0 radical (unpaired) electrons. The molecule has 0 aromatic heterocycles. The molecule has 18 heavy (non-hydrogen) atoms. The van der Waals surface area contributed by atoms with E-state index < -0.39 is 0 Å². The minimum atomic E-state index is 0.262. The molecule has 0 amide bonds. The minimum absolute atomic E-state index is 0.262. The third-order valence-corrected chi connectivity index (χ3v) is 4.93. The summed E-state index contributed by atoms with van der Waals surface area (Å²) in [5, 5.41) is 3.57. The zero-order valence-corrected chi connectivity index (χ0v) is 14.1. The van der Waals surface area contributed by atoms with Crippen LogP contribution in [0.5, 0.6) is 5.75 Å². The lowest BCUT2D eigenvalue weighted by Crippen LogP contribution is -2.33. The molecule has 0 aliphatic carbocycles. The zero-order valence-electron chi connectivity index (χ0n) is 11.7. The van der Waals surface area contributed by atoms with Gasteiger partial charge in [-0.1, -0.05) is 6.07 Å². The van der Waals surface area contributed by atoms with E-state index >= 15 is 0 Å². The Morgan fingerprint density at radius 1 is 1.44 bits per heavy atom. The summed E-state index contributed by atoms with van der Waals surface area (Å²) in [6, 6.07) is 6.55. The summed E-state index contributed by atoms with van der Waals surface area (Å²) in [6.45, 7) is 7.67. The van der Waals surface area contributed by atoms with Gasteiger partial charge in [-0.25, -0.2) is 0 Å². The highest BCUT2D eigenvalue weighted by Crippen LogP contribution is 2.28. The third-order valence-electron chi connectivity index (χ3n) is 3.06. The Morgan fingerprint density at radius 2 is 2.11 bits per heavy atom. The number of methoxy groups -OCH3 is 1. The molecule has 1 atom stereocenters. The predicted molar refractivity (Wildman–Crippen MR) is 84.7 cm³/mol. The molecule has 2 nitrogen and oxygen atoms in total. The molecule has 1 aromatic carbocycles. The van der Waals surface area contributed by atoms with Gasteiger partial charge < -0.3 is 10.1 Å². The Balaban J connectivity index is 2.67. The van der Waals surface area contributed by atoms with Crippen molar-refractivity contribution in [3.63, 3.8) is 0 Å². The van der Waals surface area contributed by atoms with Gasteiger partial charge in [0, 0.05) is 17.3 Å². The van der Waals surface area contributed by atoms with E-state index in [4.69, 9.17) is 4.74 Å². The lowest BCUT2D eigenvalue weighted by molar-refractivity contribution is 0.411. The van der Waals surface area contributed by atoms with Crippen LogP contribution >= 0.6 is 27.7 Å². The molecule has 1 rings (SSSR count). The van der Waals surface area contributed by atoms with Crippen LogP contribution in [0.4, 0.5) is 0 Å². The second-order valence-corrected chi connectivity index (χ2v) is 7.33. The Morgan fingerprint density at radius 3 is 2.61 bits per heavy atom. The van der Waals surface area contributed by atoms with E-state index in [9.17, 15) is 0 Å². The first kappa shape index (κ1) is 15.9. The van der Waals surface area contributed by atoms with Gasteiger partial charge in [0.15, 0.2) is 0 Å². The first-order valence-electron chi connectivity index (χ1n) is 6.01. The predicted octanol–water partition coefficient (Wildman–Crippen LogP) is 4.25. The van der Waals surface area contributed by atoms with E-state index in [1.54, 1.807) is 7.11 Å². The Labute approximate surface area is 123 Å². The molecule has 0 fully saturated rings. The second-order valence-electron chi connectivity index (χ2n) is 4.96. The van der Waals surface area contributed by atoms with Gasteiger partial charge in [-0.05, 0) is 60.7 Å². The number of benzene rings is 1. The first-order chi connectivity index (χ1) is 8.39. The Kier molecular flexibility index (Phi) is 6.02. The van der Waals surface area contributed by atoms with Crippen molar-refractivity contribution in [2.45, 2.75) is 31.6 Å². The fourth-order valence-electron chi connectivity index (χ4n) is 1.54. The van der Waals surface area contributed by atoms with Gasteiger partial charge in [0.25, 0.3) is 0 Å². The maximum Gasteiger partial charge on any atom is 0.133 e. The molecular formula is C14H22BrNOS. The van der Waals surface area contributed by atoms with Gasteiger partial charge >= 0.3 is 0 Å². The molecule has 0 aliphatic heterocycles. The van der Waals surface area contributed by atoms with Crippen molar-refractivity contribution in [1.82, 2.24) is 5.32 Å². The minimum Gasteiger partial charge on any atom is -0.496 e. The van der Waals surface area contributed by atoms with Crippen molar-refractivity contribution in [3.8, 4) is 5.75 Å². The van der Waals surface area contributed by atoms with Crippen LogP contribution in [0.1, 0.15) is 32.4 Å². The smallest absolute Gasteiger partial charge is 0.133 e. The number of halogens is 1. The van der Waals surface area contributed by atoms with Crippen LogP contribution in [0, 0.1) is 0 Å². The molecule has 0 bridgehead atoms. The average Bonchev–Trinajstić information content (AvgIpc) is 2.36. The molecule has 0 spiro atoms. The van der Waals surface area contributed by atoms with Crippen LogP contribution in [0.25, 0.3) is 0 Å². The first-order valence-corrected chi connectivity index (χ1v) is 8.03. The SMILES string of the molecule is COc1ccc(C(C)NCC(C)(C)SC)cc1Br. The summed E-state index contributed by atoms with van der Waals surface area (Å²) in [5.41, 5.74) is 1.26. The summed E-state index contributed by atoms with van der Waals surface area (Å²) in [6.07, 6.45) is 2.15. The topological polar surface area (TPSA) is 21.3 Å². The highest BCUT2D eigenvalue weighted by molar-refractivity contribution is 9.10. The van der Waals surface area contributed by atoms with Crippen LogP contribution < -0.4 is 10.1 Å². The molecule has 4 heteroatoms. The standard InChI is InChI=1S/C14H22BrNOS/c1-10(16-9-14(2,3)18-5)11-6-7-13(17-4)12(15)8-11/h6-8,10,16H,9H2,1-5H3. The molecule has 1 unspecified atom stereocenters. The van der Waals surface area contributed by atoms with Crippen LogP contribution in [-0.4, -0.2) is 24.7 Å². The van der Waals surface area contributed by atoms with Crippen LogP contribution in [0.3, 0.4) is 0 Å². The van der Waals surface area contributed by atoms with Gasteiger partial charge in [-0.15, -0.1) is 0 Å². The Bertz CT molecular complexity index is 395. The molecule has 1 aromatic rings. The average molecular weight is 332 g/mol. The molecule has 0 saturated heterocycles. The quantitative estimate of drug-likeness (QED) is 0.841. The van der Waals surface area contributed by atoms with Crippen LogP contribution in [0.15, 0.2) is 22.7 Å². The van der Waals surface area contributed by atoms with Crippen molar-refractivity contribution in [3.05, 3.63) is 28.2 Å². The Hall–Kier alpha value is -0.190. The number of hydrogen-bond acceptors (Lipinski definition) is 3. The fourth-order valence-corrected chi connectivity index (χ4v) is 2.33. The van der Waals surface area contributed by atoms with Gasteiger partial charge in [-0.3, -0.25) is 0 Å². The normalized spacial score (nSPS) is 13.4. The van der Waals surface area contributed by atoms with Gasteiger partial charge in [0.2, 0.25) is 0 Å². The third kappa shape index (κ3) is 4.48. The lowest BCUT2D eigenvalue weighted by atomic mass is 10.1. The number of rotatable bonds is 6. The number of thioether (sulfide) groups is 1. The van der Waals surface area contributed by atoms with E-state index in [2.05, 4.69) is 60.4 Å². The molecule has 0 aliphatic rings. The fraction of sp³-hybridized carbons (Fsp3) is 0.571.